The largest absolute Gasteiger partial charge is 0.494 e. The molecule has 0 heterocycles. The van der Waals surface area contributed by atoms with Crippen molar-refractivity contribution in [1.82, 2.24) is 5.43 Å². The number of hydrazone groups is 1. The van der Waals surface area contributed by atoms with Crippen molar-refractivity contribution in [2.24, 2.45) is 5.10 Å². The van der Waals surface area contributed by atoms with E-state index in [4.69, 9.17) is 14.2 Å². The molecule has 9 nitrogen and oxygen atoms in total. The molecule has 3 aromatic rings. The van der Waals surface area contributed by atoms with Gasteiger partial charge in [-0.25, -0.2) is 13.8 Å². The lowest BCUT2D eigenvalue weighted by atomic mass is 10.2. The summed E-state index contributed by atoms with van der Waals surface area (Å²) in [4.78, 5) is 12.7. The first kappa shape index (κ1) is 27.0. The van der Waals surface area contributed by atoms with Crippen molar-refractivity contribution in [3.05, 3.63) is 76.8 Å². The Hall–Kier alpha value is -3.57. The Bertz CT molecular complexity index is 1330. The predicted molar refractivity (Wildman–Crippen MR) is 142 cm³/mol. The lowest BCUT2D eigenvalue weighted by Gasteiger charge is -2.24. The normalized spacial score (nSPS) is 11.2. The number of carbonyl (C=O) groups excluding carboxylic acids is 1. The van der Waals surface area contributed by atoms with Gasteiger partial charge in [0, 0.05) is 16.1 Å². The van der Waals surface area contributed by atoms with Crippen LogP contribution < -0.4 is 23.9 Å². The van der Waals surface area contributed by atoms with E-state index in [0.29, 0.717) is 18.1 Å². The number of anilines is 1. The van der Waals surface area contributed by atoms with E-state index in [1.54, 1.807) is 24.3 Å². The Morgan fingerprint density at radius 2 is 1.72 bits per heavy atom. The fourth-order valence-corrected chi connectivity index (χ4v) is 5.04. The van der Waals surface area contributed by atoms with E-state index in [0.717, 1.165) is 14.3 Å². The molecule has 36 heavy (non-hydrogen) atoms. The summed E-state index contributed by atoms with van der Waals surface area (Å²) >= 11 is 3.40. The summed E-state index contributed by atoms with van der Waals surface area (Å²) in [5.41, 5.74) is 3.41. The molecule has 0 aliphatic carbocycles. The van der Waals surface area contributed by atoms with Gasteiger partial charge in [0.2, 0.25) is 0 Å². The second-order valence-electron chi connectivity index (χ2n) is 7.27. The third kappa shape index (κ3) is 6.55. The lowest BCUT2D eigenvalue weighted by Crippen LogP contribution is -2.39. The minimum absolute atomic E-state index is 0.0708. The average Bonchev–Trinajstić information content (AvgIpc) is 2.88. The summed E-state index contributed by atoms with van der Waals surface area (Å²) in [6.07, 6.45) is 1.46. The molecule has 0 saturated carbocycles. The van der Waals surface area contributed by atoms with Crippen molar-refractivity contribution in [3.8, 4) is 17.2 Å². The van der Waals surface area contributed by atoms with Crippen molar-refractivity contribution in [2.75, 3.05) is 31.7 Å². The van der Waals surface area contributed by atoms with Gasteiger partial charge in [-0.1, -0.05) is 34.1 Å². The smallest absolute Gasteiger partial charge is 0.264 e. The predicted octanol–water partition coefficient (Wildman–Crippen LogP) is 4.21. The van der Waals surface area contributed by atoms with Gasteiger partial charge < -0.3 is 14.2 Å². The van der Waals surface area contributed by atoms with Gasteiger partial charge in [0.15, 0.2) is 11.5 Å². The molecule has 11 heteroatoms. The third-order valence-electron chi connectivity index (χ3n) is 4.96. The highest BCUT2D eigenvalue weighted by Gasteiger charge is 2.28. The van der Waals surface area contributed by atoms with Gasteiger partial charge in [-0.05, 0) is 49.4 Å². The molecule has 0 aromatic heterocycles. The molecule has 1 N–H and O–H groups in total. The van der Waals surface area contributed by atoms with E-state index in [9.17, 15) is 13.2 Å². The quantitative estimate of drug-likeness (QED) is 0.271. The Kier molecular flexibility index (Phi) is 9.31. The number of benzene rings is 3. The van der Waals surface area contributed by atoms with E-state index < -0.39 is 22.5 Å². The highest BCUT2D eigenvalue weighted by Crippen LogP contribution is 2.32. The number of sulfonamides is 1. The van der Waals surface area contributed by atoms with Crippen molar-refractivity contribution < 1.29 is 27.4 Å². The molecule has 0 radical (unpaired) electrons. The van der Waals surface area contributed by atoms with Gasteiger partial charge in [0.05, 0.1) is 37.6 Å². The fraction of sp³-hybridized carbons (Fsp3) is 0.200. The number of amides is 1. The van der Waals surface area contributed by atoms with Crippen LogP contribution in [0.2, 0.25) is 0 Å². The molecule has 3 aromatic carbocycles. The molecule has 0 saturated heterocycles. The molecule has 0 spiro atoms. The summed E-state index contributed by atoms with van der Waals surface area (Å²) in [5.74, 6) is 0.569. The fourth-order valence-electron chi connectivity index (χ4n) is 3.21. The molecule has 0 bridgehead atoms. The average molecular weight is 576 g/mol. The van der Waals surface area contributed by atoms with Crippen LogP contribution in [-0.2, 0) is 14.8 Å². The van der Waals surface area contributed by atoms with Crippen molar-refractivity contribution in [3.63, 3.8) is 0 Å². The number of nitrogens with one attached hydrogen (secondary N) is 1. The molecule has 190 valence electrons. The first-order chi connectivity index (χ1) is 17.3. The second-order valence-corrected chi connectivity index (χ2v) is 9.99. The highest BCUT2D eigenvalue weighted by molar-refractivity contribution is 9.10. The van der Waals surface area contributed by atoms with Crippen LogP contribution in [0.3, 0.4) is 0 Å². The summed E-state index contributed by atoms with van der Waals surface area (Å²) in [6, 6.07) is 18.0. The van der Waals surface area contributed by atoms with Crippen molar-refractivity contribution in [1.29, 1.82) is 0 Å². The number of ether oxygens (including phenoxy) is 3. The zero-order valence-electron chi connectivity index (χ0n) is 20.0. The first-order valence-electron chi connectivity index (χ1n) is 10.8. The van der Waals surface area contributed by atoms with Crippen LogP contribution in [0.4, 0.5) is 5.69 Å². The summed E-state index contributed by atoms with van der Waals surface area (Å²) < 4.78 is 45.0. The van der Waals surface area contributed by atoms with Crippen LogP contribution >= 0.6 is 15.9 Å². The number of hydrogen-bond acceptors (Lipinski definition) is 7. The van der Waals surface area contributed by atoms with Gasteiger partial charge in [0.25, 0.3) is 15.9 Å². The second kappa shape index (κ2) is 12.4. The molecule has 0 unspecified atom stereocenters. The first-order valence-corrected chi connectivity index (χ1v) is 13.1. The Morgan fingerprint density at radius 3 is 2.36 bits per heavy atom. The van der Waals surface area contributed by atoms with Crippen molar-refractivity contribution >= 4 is 43.8 Å². The third-order valence-corrected chi connectivity index (χ3v) is 7.46. The number of nitrogens with zero attached hydrogens (tertiary/aromatic N) is 2. The number of carbonyl (C=O) groups is 1. The maximum atomic E-state index is 13.7. The SMILES string of the molecule is CCOc1ccc(N(CC(=O)N/N=C\c2ccccc2Br)S(=O)(=O)c2ccc(OC)c(OC)c2)cc1. The van der Waals surface area contributed by atoms with E-state index in [1.807, 2.05) is 31.2 Å². The monoisotopic (exact) mass is 575 g/mol. The van der Waals surface area contributed by atoms with Gasteiger partial charge in [-0.15, -0.1) is 0 Å². The zero-order chi connectivity index (χ0) is 26.1. The van der Waals surface area contributed by atoms with Gasteiger partial charge in [0.1, 0.15) is 12.3 Å². The zero-order valence-corrected chi connectivity index (χ0v) is 22.4. The van der Waals surface area contributed by atoms with E-state index in [-0.39, 0.29) is 16.3 Å². The van der Waals surface area contributed by atoms with Crippen LogP contribution in [0.1, 0.15) is 12.5 Å². The maximum Gasteiger partial charge on any atom is 0.264 e. The summed E-state index contributed by atoms with van der Waals surface area (Å²) in [7, 11) is -1.31. The topological polar surface area (TPSA) is 107 Å². The summed E-state index contributed by atoms with van der Waals surface area (Å²) in [5, 5.41) is 3.96. The minimum Gasteiger partial charge on any atom is -0.494 e. The molecule has 1 amide bonds. The Morgan fingerprint density at radius 1 is 1.03 bits per heavy atom. The molecular formula is C25H26BrN3O6S. The van der Waals surface area contributed by atoms with Gasteiger partial charge in [-0.3, -0.25) is 9.10 Å². The Labute approximate surface area is 218 Å². The number of rotatable bonds is 11. The summed E-state index contributed by atoms with van der Waals surface area (Å²) in [6.45, 7) is 1.80. The molecule has 3 rings (SSSR count). The highest BCUT2D eigenvalue weighted by atomic mass is 79.9. The van der Waals surface area contributed by atoms with Crippen LogP contribution in [0.15, 0.2) is 81.2 Å². The molecule has 0 aliphatic rings. The number of hydrogen-bond donors (Lipinski definition) is 1. The van der Waals surface area contributed by atoms with E-state index in [2.05, 4.69) is 26.5 Å². The van der Waals surface area contributed by atoms with Crippen LogP contribution in [0, 0.1) is 0 Å². The minimum atomic E-state index is -4.18. The molecule has 0 fully saturated rings. The van der Waals surface area contributed by atoms with E-state index >= 15 is 0 Å². The van der Waals surface area contributed by atoms with Crippen LogP contribution in [-0.4, -0.2) is 47.9 Å². The van der Waals surface area contributed by atoms with E-state index in [1.165, 1.54) is 38.6 Å². The van der Waals surface area contributed by atoms with Crippen LogP contribution in [0.25, 0.3) is 0 Å². The van der Waals surface area contributed by atoms with Gasteiger partial charge in [-0.2, -0.15) is 5.10 Å². The standard InChI is InChI=1S/C25H26BrN3O6S/c1-4-35-20-11-9-19(10-12-20)29(17-25(30)28-27-16-18-7-5-6-8-22(18)26)36(31,32)21-13-14-23(33-2)24(15-21)34-3/h5-16H,4,17H2,1-3H3,(H,28,30)/b27-16-. The molecule has 0 atom stereocenters. The Balaban J connectivity index is 1.92. The molecular weight excluding hydrogens is 550 g/mol. The number of halogens is 1. The molecule has 0 aliphatic heterocycles. The lowest BCUT2D eigenvalue weighted by molar-refractivity contribution is -0.119. The number of methoxy groups -OCH3 is 2. The maximum absolute atomic E-state index is 13.7. The van der Waals surface area contributed by atoms with Crippen molar-refractivity contribution in [2.45, 2.75) is 11.8 Å². The van der Waals surface area contributed by atoms with Crippen LogP contribution in [0.5, 0.6) is 17.2 Å². The van der Waals surface area contributed by atoms with Gasteiger partial charge >= 0.3 is 0 Å².